The minimum absolute atomic E-state index is 0.0488. The molecule has 0 radical (unpaired) electrons. The Morgan fingerprint density at radius 2 is 1.97 bits per heavy atom. The number of cyclic esters (lactones) is 1. The summed E-state index contributed by atoms with van der Waals surface area (Å²) >= 11 is 0. The number of carbonyl (C=O) groups excluding carboxylic acids is 1. The van der Waals surface area contributed by atoms with Crippen LogP contribution < -0.4 is 15.5 Å². The quantitative estimate of drug-likeness (QED) is 0.650. The molecule has 2 aliphatic rings. The van der Waals surface area contributed by atoms with E-state index in [4.69, 9.17) is 4.74 Å². The van der Waals surface area contributed by atoms with E-state index in [1.165, 1.54) is 0 Å². The summed E-state index contributed by atoms with van der Waals surface area (Å²) in [5.41, 5.74) is -1.89. The molecule has 1 saturated heterocycles. The third-order valence-electron chi connectivity index (χ3n) is 5.51. The molecule has 0 spiro atoms. The van der Waals surface area contributed by atoms with Crippen LogP contribution in [-0.2, 0) is 10.9 Å². The van der Waals surface area contributed by atoms with Crippen molar-refractivity contribution in [1.82, 2.24) is 20.3 Å². The van der Waals surface area contributed by atoms with Crippen LogP contribution in [0, 0.1) is 0 Å². The number of nitrogens with one attached hydrogen (secondary N) is 2. The van der Waals surface area contributed by atoms with E-state index < -0.39 is 29.9 Å². The molecular weight excluding hydrogens is 451 g/mol. The van der Waals surface area contributed by atoms with E-state index in [0.717, 1.165) is 24.9 Å². The lowest BCUT2D eigenvalue weighted by molar-refractivity contribution is -0.137. The zero-order valence-corrected chi connectivity index (χ0v) is 17.7. The monoisotopic (exact) mass is 472 g/mol. The second-order valence-corrected chi connectivity index (χ2v) is 7.95. The van der Waals surface area contributed by atoms with Crippen molar-refractivity contribution in [2.75, 3.05) is 29.9 Å². The zero-order valence-electron chi connectivity index (χ0n) is 17.7. The van der Waals surface area contributed by atoms with Crippen molar-refractivity contribution in [2.45, 2.75) is 44.5 Å². The van der Waals surface area contributed by atoms with Gasteiger partial charge < -0.3 is 15.0 Å². The van der Waals surface area contributed by atoms with E-state index in [9.17, 15) is 26.7 Å². The Morgan fingerprint density at radius 1 is 1.21 bits per heavy atom. The molecule has 0 saturated carbocycles. The molecule has 13 heteroatoms. The maximum Gasteiger partial charge on any atom is 0.416 e. The summed E-state index contributed by atoms with van der Waals surface area (Å²) < 4.78 is 74.6. The van der Waals surface area contributed by atoms with Crippen molar-refractivity contribution in [2.24, 2.45) is 0 Å². The second-order valence-electron chi connectivity index (χ2n) is 7.95. The van der Waals surface area contributed by atoms with E-state index in [-0.39, 0.29) is 34.6 Å². The number of halogens is 5. The smallest absolute Gasteiger partial charge is 0.416 e. The van der Waals surface area contributed by atoms with Crippen LogP contribution in [0.1, 0.15) is 37.5 Å². The maximum atomic E-state index is 14.3. The van der Waals surface area contributed by atoms with Gasteiger partial charge in [0, 0.05) is 32.6 Å². The number of hydrogen-bond donors (Lipinski definition) is 2. The molecule has 8 nitrogen and oxygen atoms in total. The molecule has 0 unspecified atom stereocenters. The SMILES string of the molecule is CC[C@H]1CN(c2cc(C(F)(F)F)cc(-c3ncnc4c3[C@H](C(C)(F)F)OC(=O)N4)n2)CCN1. The number of amides is 1. The highest BCUT2D eigenvalue weighted by atomic mass is 19.4. The molecule has 4 rings (SSSR count). The van der Waals surface area contributed by atoms with Gasteiger partial charge in [-0.3, -0.25) is 5.32 Å². The first-order valence-electron chi connectivity index (χ1n) is 10.3. The molecule has 2 aromatic heterocycles. The summed E-state index contributed by atoms with van der Waals surface area (Å²) in [5.74, 6) is -3.77. The molecule has 2 aromatic rings. The normalized spacial score (nSPS) is 21.3. The summed E-state index contributed by atoms with van der Waals surface area (Å²) in [6.07, 6.45) is -6.23. The van der Waals surface area contributed by atoms with Gasteiger partial charge in [-0.1, -0.05) is 6.92 Å². The average Bonchev–Trinajstić information content (AvgIpc) is 2.76. The van der Waals surface area contributed by atoms with Crippen LogP contribution in [0.5, 0.6) is 0 Å². The van der Waals surface area contributed by atoms with E-state index in [1.807, 2.05) is 6.92 Å². The minimum atomic E-state index is -4.71. The van der Waals surface area contributed by atoms with Crippen molar-refractivity contribution >= 4 is 17.7 Å². The number of anilines is 2. The second kappa shape index (κ2) is 8.36. The topological polar surface area (TPSA) is 92.3 Å². The fraction of sp³-hybridized carbons (Fsp3) is 0.500. The Labute approximate surface area is 185 Å². The maximum absolute atomic E-state index is 14.3. The van der Waals surface area contributed by atoms with Crippen molar-refractivity contribution < 1.29 is 31.5 Å². The lowest BCUT2D eigenvalue weighted by Crippen LogP contribution is -2.50. The number of fused-ring (bicyclic) bond motifs is 1. The average molecular weight is 472 g/mol. The van der Waals surface area contributed by atoms with Gasteiger partial charge in [0.25, 0.3) is 5.92 Å². The third-order valence-corrected chi connectivity index (χ3v) is 5.51. The molecule has 2 aliphatic heterocycles. The highest BCUT2D eigenvalue weighted by molar-refractivity contribution is 5.88. The highest BCUT2D eigenvalue weighted by Gasteiger charge is 2.46. The molecule has 0 aromatic carbocycles. The highest BCUT2D eigenvalue weighted by Crippen LogP contribution is 2.44. The van der Waals surface area contributed by atoms with Gasteiger partial charge in [-0.15, -0.1) is 0 Å². The molecule has 2 atom stereocenters. The van der Waals surface area contributed by atoms with Gasteiger partial charge in [-0.2, -0.15) is 13.2 Å². The molecule has 4 heterocycles. The molecular formula is C20H21F5N6O2. The van der Waals surface area contributed by atoms with Crippen molar-refractivity contribution in [3.63, 3.8) is 0 Å². The summed E-state index contributed by atoms with van der Waals surface area (Å²) in [4.78, 5) is 25.5. The number of alkyl halides is 5. The van der Waals surface area contributed by atoms with Crippen LogP contribution in [0.4, 0.5) is 38.4 Å². The van der Waals surface area contributed by atoms with Crippen LogP contribution in [0.25, 0.3) is 11.4 Å². The van der Waals surface area contributed by atoms with E-state index >= 15 is 0 Å². The number of piperazine rings is 1. The Bertz CT molecular complexity index is 1060. The van der Waals surface area contributed by atoms with Crippen LogP contribution in [-0.4, -0.2) is 52.6 Å². The predicted octanol–water partition coefficient (Wildman–Crippen LogP) is 4.00. The number of nitrogens with zero attached hydrogens (tertiary/aromatic N) is 4. The Morgan fingerprint density at radius 3 is 2.64 bits per heavy atom. The van der Waals surface area contributed by atoms with Gasteiger partial charge >= 0.3 is 12.3 Å². The summed E-state index contributed by atoms with van der Waals surface area (Å²) in [7, 11) is 0. The van der Waals surface area contributed by atoms with Gasteiger partial charge in [0.1, 0.15) is 23.7 Å². The number of pyridine rings is 1. The van der Waals surface area contributed by atoms with Crippen molar-refractivity contribution in [1.29, 1.82) is 0 Å². The van der Waals surface area contributed by atoms with Crippen LogP contribution in [0.15, 0.2) is 18.5 Å². The largest absolute Gasteiger partial charge is 0.434 e. The Kier molecular flexibility index (Phi) is 5.85. The fourth-order valence-corrected chi connectivity index (χ4v) is 3.87. The molecule has 2 N–H and O–H groups in total. The fourth-order valence-electron chi connectivity index (χ4n) is 3.87. The Hall–Kier alpha value is -3.09. The Balaban J connectivity index is 1.88. The van der Waals surface area contributed by atoms with E-state index in [2.05, 4.69) is 25.6 Å². The molecule has 1 amide bonds. The zero-order chi connectivity index (χ0) is 24.0. The molecule has 178 valence electrons. The number of ether oxygens (including phenoxy) is 1. The van der Waals surface area contributed by atoms with Gasteiger partial charge in [0.2, 0.25) is 0 Å². The molecule has 0 aliphatic carbocycles. The third kappa shape index (κ3) is 4.68. The number of hydrogen-bond acceptors (Lipinski definition) is 7. The lowest BCUT2D eigenvalue weighted by atomic mass is 9.99. The van der Waals surface area contributed by atoms with Crippen LogP contribution in [0.2, 0.25) is 0 Å². The molecule has 0 bridgehead atoms. The number of carbonyl (C=O) groups is 1. The van der Waals surface area contributed by atoms with Crippen LogP contribution in [0.3, 0.4) is 0 Å². The first-order valence-corrected chi connectivity index (χ1v) is 10.3. The standard InChI is InChI=1S/C20H21F5N6O2/c1-3-11-8-31(5-4-26-11)13-7-10(20(23,24)25)6-12(29-13)15-14-16(19(2,21)22)33-18(32)30-17(14)28-9-27-15/h6-7,9,11,16,26H,3-5,8H2,1-2H3,(H,27,28,30,32)/t11-,16+/m0/s1. The summed E-state index contributed by atoms with van der Waals surface area (Å²) in [6, 6.07) is 1.74. The molecule has 33 heavy (non-hydrogen) atoms. The van der Waals surface area contributed by atoms with Gasteiger partial charge in [-0.25, -0.2) is 28.5 Å². The van der Waals surface area contributed by atoms with E-state index in [1.54, 1.807) is 4.90 Å². The number of aromatic nitrogens is 3. The minimum Gasteiger partial charge on any atom is -0.434 e. The van der Waals surface area contributed by atoms with E-state index in [0.29, 0.717) is 26.6 Å². The van der Waals surface area contributed by atoms with Gasteiger partial charge in [0.15, 0.2) is 6.10 Å². The first-order chi connectivity index (χ1) is 15.5. The van der Waals surface area contributed by atoms with Crippen molar-refractivity contribution in [3.05, 3.63) is 29.6 Å². The molecule has 1 fully saturated rings. The summed E-state index contributed by atoms with van der Waals surface area (Å²) in [6.45, 7) is 3.90. The van der Waals surface area contributed by atoms with Gasteiger partial charge in [-0.05, 0) is 18.6 Å². The first kappa shape index (κ1) is 23.1. The number of rotatable bonds is 4. The van der Waals surface area contributed by atoms with Gasteiger partial charge in [0.05, 0.1) is 16.8 Å². The summed E-state index contributed by atoms with van der Waals surface area (Å²) in [5, 5.41) is 5.47. The predicted molar refractivity (Wildman–Crippen MR) is 108 cm³/mol. The van der Waals surface area contributed by atoms with Crippen molar-refractivity contribution in [3.8, 4) is 11.4 Å². The van der Waals surface area contributed by atoms with Crippen LogP contribution >= 0.6 is 0 Å². The lowest BCUT2D eigenvalue weighted by Gasteiger charge is -2.34.